The maximum absolute atomic E-state index is 10.8. The van der Waals surface area contributed by atoms with Crippen molar-refractivity contribution in [3.8, 4) is 11.4 Å². The molecular weight excluding hydrogens is 260 g/mol. The van der Waals surface area contributed by atoms with Crippen LogP contribution in [0.15, 0.2) is 28.8 Å². The molecule has 1 unspecified atom stereocenters. The van der Waals surface area contributed by atoms with Crippen molar-refractivity contribution in [2.24, 2.45) is 0 Å². The largest absolute Gasteiger partial charge is 0.478 e. The van der Waals surface area contributed by atoms with Gasteiger partial charge in [0.2, 0.25) is 11.7 Å². The molecule has 2 aromatic rings. The van der Waals surface area contributed by atoms with Crippen molar-refractivity contribution < 1.29 is 19.2 Å². The summed E-state index contributed by atoms with van der Waals surface area (Å²) >= 11 is 0. The first-order chi connectivity index (χ1) is 9.72. The molecule has 104 valence electrons. The number of aromatic carboxylic acids is 1. The van der Waals surface area contributed by atoms with E-state index in [1.807, 2.05) is 0 Å². The molecule has 1 atom stereocenters. The minimum atomic E-state index is -0.955. The maximum atomic E-state index is 10.8. The molecule has 3 rings (SSSR count). The Hall–Kier alpha value is -2.21. The fourth-order valence-electron chi connectivity index (χ4n) is 2.22. The average Bonchev–Trinajstić information content (AvgIpc) is 3.11. The Morgan fingerprint density at radius 1 is 1.35 bits per heavy atom. The molecule has 0 saturated carbocycles. The molecule has 0 bridgehead atoms. The molecule has 0 amide bonds. The van der Waals surface area contributed by atoms with Crippen LogP contribution in [0.25, 0.3) is 11.4 Å². The highest BCUT2D eigenvalue weighted by atomic mass is 16.5. The van der Waals surface area contributed by atoms with E-state index in [4.69, 9.17) is 14.4 Å². The highest BCUT2D eigenvalue weighted by Crippen LogP contribution is 2.20. The SMILES string of the molecule is O=C(O)c1ccc(-c2noc(CC3CCCO3)n2)cc1. The zero-order valence-electron chi connectivity index (χ0n) is 10.8. The van der Waals surface area contributed by atoms with Gasteiger partial charge in [0.05, 0.1) is 18.1 Å². The molecule has 1 aromatic carbocycles. The van der Waals surface area contributed by atoms with E-state index in [-0.39, 0.29) is 11.7 Å². The van der Waals surface area contributed by atoms with Gasteiger partial charge >= 0.3 is 5.97 Å². The number of nitrogens with zero attached hydrogens (tertiary/aromatic N) is 2. The van der Waals surface area contributed by atoms with E-state index in [0.29, 0.717) is 18.1 Å². The van der Waals surface area contributed by atoms with Crippen molar-refractivity contribution >= 4 is 5.97 Å². The van der Waals surface area contributed by atoms with Crippen LogP contribution in [-0.4, -0.2) is 33.9 Å². The van der Waals surface area contributed by atoms with Crippen molar-refractivity contribution in [2.45, 2.75) is 25.4 Å². The van der Waals surface area contributed by atoms with Gasteiger partial charge in [-0.25, -0.2) is 4.79 Å². The summed E-state index contributed by atoms with van der Waals surface area (Å²) in [5.41, 5.74) is 0.967. The highest BCUT2D eigenvalue weighted by Gasteiger charge is 2.19. The first-order valence-corrected chi connectivity index (χ1v) is 6.50. The third-order valence-electron chi connectivity index (χ3n) is 3.28. The van der Waals surface area contributed by atoms with Crippen LogP contribution in [0.5, 0.6) is 0 Å². The van der Waals surface area contributed by atoms with E-state index in [0.717, 1.165) is 25.0 Å². The number of hydrogen-bond acceptors (Lipinski definition) is 5. The van der Waals surface area contributed by atoms with Crippen molar-refractivity contribution in [3.63, 3.8) is 0 Å². The zero-order valence-corrected chi connectivity index (χ0v) is 10.8. The molecule has 1 aliphatic heterocycles. The summed E-state index contributed by atoms with van der Waals surface area (Å²) in [5, 5.41) is 12.8. The molecular formula is C14H14N2O4. The van der Waals surface area contributed by atoms with Gasteiger partial charge < -0.3 is 14.4 Å². The van der Waals surface area contributed by atoms with Crippen molar-refractivity contribution in [2.75, 3.05) is 6.61 Å². The van der Waals surface area contributed by atoms with Crippen LogP contribution < -0.4 is 0 Å². The van der Waals surface area contributed by atoms with E-state index in [2.05, 4.69) is 10.1 Å². The monoisotopic (exact) mass is 274 g/mol. The third kappa shape index (κ3) is 2.70. The van der Waals surface area contributed by atoms with Gasteiger partial charge in [-0.05, 0) is 25.0 Å². The molecule has 0 spiro atoms. The van der Waals surface area contributed by atoms with Crippen LogP contribution >= 0.6 is 0 Å². The van der Waals surface area contributed by atoms with E-state index in [1.165, 1.54) is 12.1 Å². The molecule has 2 heterocycles. The van der Waals surface area contributed by atoms with Gasteiger partial charge in [-0.1, -0.05) is 17.3 Å². The zero-order chi connectivity index (χ0) is 13.9. The minimum absolute atomic E-state index is 0.165. The molecule has 6 heteroatoms. The number of carbonyl (C=O) groups is 1. The smallest absolute Gasteiger partial charge is 0.335 e. The molecule has 1 aromatic heterocycles. The quantitative estimate of drug-likeness (QED) is 0.919. The molecule has 1 fully saturated rings. The normalized spacial score (nSPS) is 18.3. The number of ether oxygens (including phenoxy) is 1. The predicted molar refractivity (Wildman–Crippen MR) is 69.4 cm³/mol. The minimum Gasteiger partial charge on any atom is -0.478 e. The molecule has 0 radical (unpaired) electrons. The van der Waals surface area contributed by atoms with Crippen molar-refractivity contribution in [3.05, 3.63) is 35.7 Å². The number of aromatic nitrogens is 2. The topological polar surface area (TPSA) is 85.5 Å². The Morgan fingerprint density at radius 2 is 2.15 bits per heavy atom. The number of benzene rings is 1. The fourth-order valence-corrected chi connectivity index (χ4v) is 2.22. The van der Waals surface area contributed by atoms with Gasteiger partial charge in [0.15, 0.2) is 0 Å². The Kier molecular flexibility index (Phi) is 3.47. The second-order valence-electron chi connectivity index (χ2n) is 4.73. The van der Waals surface area contributed by atoms with Crippen molar-refractivity contribution in [1.82, 2.24) is 10.1 Å². The lowest BCUT2D eigenvalue weighted by Crippen LogP contribution is -2.08. The summed E-state index contributed by atoms with van der Waals surface area (Å²) in [4.78, 5) is 15.1. The molecule has 6 nitrogen and oxygen atoms in total. The molecule has 1 N–H and O–H groups in total. The average molecular weight is 274 g/mol. The van der Waals surface area contributed by atoms with Gasteiger partial charge in [0.25, 0.3) is 0 Å². The second kappa shape index (κ2) is 5.42. The lowest BCUT2D eigenvalue weighted by Gasteiger charge is -2.03. The van der Waals surface area contributed by atoms with E-state index in [9.17, 15) is 4.79 Å². The van der Waals surface area contributed by atoms with Gasteiger partial charge in [-0.15, -0.1) is 0 Å². The summed E-state index contributed by atoms with van der Waals surface area (Å²) in [5.74, 6) is 0.0629. The van der Waals surface area contributed by atoms with Gasteiger partial charge in [-0.3, -0.25) is 0 Å². The summed E-state index contributed by atoms with van der Waals surface area (Å²) in [6.45, 7) is 0.794. The van der Waals surface area contributed by atoms with Crippen LogP contribution in [0.2, 0.25) is 0 Å². The third-order valence-corrected chi connectivity index (χ3v) is 3.28. The van der Waals surface area contributed by atoms with E-state index in [1.54, 1.807) is 12.1 Å². The standard InChI is InChI=1S/C14H14N2O4/c17-14(18)10-5-3-9(4-6-10)13-15-12(20-16-13)8-11-2-1-7-19-11/h3-6,11H,1-2,7-8H2,(H,17,18). The first kappa shape index (κ1) is 12.8. The molecule has 1 saturated heterocycles. The van der Waals surface area contributed by atoms with Crippen LogP contribution in [0.1, 0.15) is 29.1 Å². The second-order valence-corrected chi connectivity index (χ2v) is 4.73. The molecule has 1 aliphatic rings. The lowest BCUT2D eigenvalue weighted by atomic mass is 10.1. The number of rotatable bonds is 4. The summed E-state index contributed by atoms with van der Waals surface area (Å²) < 4.78 is 10.7. The summed E-state index contributed by atoms with van der Waals surface area (Å²) in [7, 11) is 0. The summed E-state index contributed by atoms with van der Waals surface area (Å²) in [6.07, 6.45) is 2.88. The summed E-state index contributed by atoms with van der Waals surface area (Å²) in [6, 6.07) is 6.38. The number of hydrogen-bond donors (Lipinski definition) is 1. The van der Waals surface area contributed by atoms with Gasteiger partial charge in [-0.2, -0.15) is 4.98 Å². The highest BCUT2D eigenvalue weighted by molar-refractivity contribution is 5.88. The van der Waals surface area contributed by atoms with Crippen LogP contribution in [0.3, 0.4) is 0 Å². The maximum Gasteiger partial charge on any atom is 0.335 e. The molecule has 0 aliphatic carbocycles. The van der Waals surface area contributed by atoms with Gasteiger partial charge in [0.1, 0.15) is 0 Å². The van der Waals surface area contributed by atoms with Crippen molar-refractivity contribution in [1.29, 1.82) is 0 Å². The Bertz CT molecular complexity index is 600. The Labute approximate surface area is 115 Å². The van der Waals surface area contributed by atoms with E-state index < -0.39 is 5.97 Å². The van der Waals surface area contributed by atoms with Gasteiger partial charge in [0, 0.05) is 12.2 Å². The lowest BCUT2D eigenvalue weighted by molar-refractivity contribution is 0.0697. The first-order valence-electron chi connectivity index (χ1n) is 6.50. The Morgan fingerprint density at radius 3 is 2.80 bits per heavy atom. The van der Waals surface area contributed by atoms with E-state index >= 15 is 0 Å². The fraction of sp³-hybridized carbons (Fsp3) is 0.357. The van der Waals surface area contributed by atoms with Crippen LogP contribution in [0, 0.1) is 0 Å². The number of carboxylic acid groups (broad SMARTS) is 1. The molecule has 20 heavy (non-hydrogen) atoms. The predicted octanol–water partition coefficient (Wildman–Crippen LogP) is 2.16. The van der Waals surface area contributed by atoms with Crippen LogP contribution in [0.4, 0.5) is 0 Å². The number of carboxylic acids is 1. The van der Waals surface area contributed by atoms with Crippen LogP contribution in [-0.2, 0) is 11.2 Å². The Balaban J connectivity index is 1.73.